The maximum Gasteiger partial charge on any atom is 0.110 e. The van der Waals surface area contributed by atoms with E-state index >= 15 is 0 Å². The van der Waals surface area contributed by atoms with Gasteiger partial charge in [-0.05, 0) is 44.7 Å². The summed E-state index contributed by atoms with van der Waals surface area (Å²) in [5.41, 5.74) is 9.24. The van der Waals surface area contributed by atoms with Gasteiger partial charge in [-0.25, -0.2) is 4.98 Å². The number of nitrogens with one attached hydrogen (secondary N) is 1. The molecule has 3 nitrogen and oxygen atoms in total. The number of nitrogens with two attached hydrogens (primary N) is 1. The number of aromatic amines is 1. The molecule has 1 aromatic heterocycles. The summed E-state index contributed by atoms with van der Waals surface area (Å²) < 4.78 is 0. The van der Waals surface area contributed by atoms with Crippen molar-refractivity contribution in [2.24, 2.45) is 5.73 Å². The molecule has 20 heavy (non-hydrogen) atoms. The van der Waals surface area contributed by atoms with Gasteiger partial charge in [-0.2, -0.15) is 0 Å². The Kier molecular flexibility index (Phi) is 3.81. The van der Waals surface area contributed by atoms with Gasteiger partial charge in [-0.3, -0.25) is 0 Å². The lowest BCUT2D eigenvalue weighted by Crippen LogP contribution is -2.26. The lowest BCUT2D eigenvalue weighted by Gasteiger charge is -2.24. The van der Waals surface area contributed by atoms with E-state index in [2.05, 4.69) is 11.9 Å². The predicted molar refractivity (Wildman–Crippen MR) is 83.0 cm³/mol. The van der Waals surface area contributed by atoms with Crippen LogP contribution in [0.15, 0.2) is 24.3 Å². The van der Waals surface area contributed by atoms with Gasteiger partial charge < -0.3 is 10.7 Å². The third-order valence-electron chi connectivity index (χ3n) is 4.18. The zero-order valence-electron chi connectivity index (χ0n) is 11.7. The van der Waals surface area contributed by atoms with Gasteiger partial charge in [0.25, 0.3) is 0 Å². The lowest BCUT2D eigenvalue weighted by atomic mass is 9.86. The SMILES string of the molecule is Cc1[nH]c(C2CCC(N)CC2)nc1-c1ccc(Cl)cc1. The van der Waals surface area contributed by atoms with Crippen LogP contribution in [0.25, 0.3) is 11.3 Å². The van der Waals surface area contributed by atoms with Crippen LogP contribution in [0, 0.1) is 6.92 Å². The summed E-state index contributed by atoms with van der Waals surface area (Å²) >= 11 is 5.94. The van der Waals surface area contributed by atoms with Gasteiger partial charge in [-0.15, -0.1) is 0 Å². The minimum Gasteiger partial charge on any atom is -0.345 e. The Balaban J connectivity index is 1.85. The first-order valence-electron chi connectivity index (χ1n) is 7.21. The molecule has 0 amide bonds. The Labute approximate surface area is 124 Å². The smallest absolute Gasteiger partial charge is 0.110 e. The monoisotopic (exact) mass is 289 g/mol. The first kappa shape index (κ1) is 13.7. The van der Waals surface area contributed by atoms with Crippen molar-refractivity contribution in [1.29, 1.82) is 0 Å². The molecular formula is C16H20ClN3. The quantitative estimate of drug-likeness (QED) is 0.877. The van der Waals surface area contributed by atoms with Gasteiger partial charge in [0.2, 0.25) is 0 Å². The van der Waals surface area contributed by atoms with Gasteiger partial charge in [0.05, 0.1) is 5.69 Å². The fourth-order valence-electron chi connectivity index (χ4n) is 2.96. The van der Waals surface area contributed by atoms with Crippen LogP contribution < -0.4 is 5.73 Å². The third kappa shape index (κ3) is 2.74. The molecule has 2 aromatic rings. The van der Waals surface area contributed by atoms with Crippen LogP contribution in [-0.2, 0) is 0 Å². The van der Waals surface area contributed by atoms with E-state index in [4.69, 9.17) is 22.3 Å². The van der Waals surface area contributed by atoms with Crippen molar-refractivity contribution >= 4 is 11.6 Å². The molecule has 1 heterocycles. The molecule has 1 aliphatic carbocycles. The van der Waals surface area contributed by atoms with Crippen LogP contribution in [0.3, 0.4) is 0 Å². The molecule has 0 saturated heterocycles. The average Bonchev–Trinajstić information content (AvgIpc) is 2.82. The van der Waals surface area contributed by atoms with E-state index in [1.165, 1.54) is 0 Å². The largest absolute Gasteiger partial charge is 0.345 e. The first-order chi connectivity index (χ1) is 9.63. The Morgan fingerprint density at radius 1 is 1.15 bits per heavy atom. The van der Waals surface area contributed by atoms with E-state index in [0.29, 0.717) is 12.0 Å². The summed E-state index contributed by atoms with van der Waals surface area (Å²) in [4.78, 5) is 8.28. The Hall–Kier alpha value is -1.32. The second-order valence-electron chi connectivity index (χ2n) is 5.71. The molecule has 3 N–H and O–H groups in total. The molecule has 0 radical (unpaired) electrons. The van der Waals surface area contributed by atoms with E-state index in [1.807, 2.05) is 24.3 Å². The minimum atomic E-state index is 0.373. The number of halogens is 1. The molecule has 1 aliphatic rings. The van der Waals surface area contributed by atoms with Crippen LogP contribution in [0.5, 0.6) is 0 Å². The van der Waals surface area contributed by atoms with E-state index in [9.17, 15) is 0 Å². The highest BCUT2D eigenvalue weighted by molar-refractivity contribution is 6.30. The third-order valence-corrected chi connectivity index (χ3v) is 4.43. The number of hydrogen-bond donors (Lipinski definition) is 2. The van der Waals surface area contributed by atoms with Crippen molar-refractivity contribution in [1.82, 2.24) is 9.97 Å². The maximum atomic E-state index is 5.97. The zero-order chi connectivity index (χ0) is 14.1. The number of nitrogens with zero attached hydrogens (tertiary/aromatic N) is 1. The summed E-state index contributed by atoms with van der Waals surface area (Å²) in [6.45, 7) is 2.08. The molecule has 3 rings (SSSR count). The summed E-state index contributed by atoms with van der Waals surface area (Å²) in [7, 11) is 0. The minimum absolute atomic E-state index is 0.373. The Morgan fingerprint density at radius 3 is 2.45 bits per heavy atom. The zero-order valence-corrected chi connectivity index (χ0v) is 12.5. The molecule has 106 valence electrons. The normalized spacial score (nSPS) is 22.9. The number of H-pyrrole nitrogens is 1. The highest BCUT2D eigenvalue weighted by Crippen LogP contribution is 2.33. The van der Waals surface area contributed by atoms with Crippen molar-refractivity contribution in [3.05, 3.63) is 40.8 Å². The van der Waals surface area contributed by atoms with Crippen LogP contribution in [0.4, 0.5) is 0 Å². The second kappa shape index (κ2) is 5.58. The van der Waals surface area contributed by atoms with E-state index < -0.39 is 0 Å². The van der Waals surface area contributed by atoms with Crippen LogP contribution in [0.1, 0.15) is 43.1 Å². The number of benzene rings is 1. The summed E-state index contributed by atoms with van der Waals surface area (Å²) in [6, 6.07) is 8.23. The van der Waals surface area contributed by atoms with Crippen molar-refractivity contribution in [3.63, 3.8) is 0 Å². The van der Waals surface area contributed by atoms with Gasteiger partial charge in [0.1, 0.15) is 5.82 Å². The van der Waals surface area contributed by atoms with Crippen LogP contribution in [-0.4, -0.2) is 16.0 Å². The molecule has 1 saturated carbocycles. The summed E-state index contributed by atoms with van der Waals surface area (Å²) in [5, 5.41) is 0.753. The molecule has 0 unspecified atom stereocenters. The molecule has 1 aromatic carbocycles. The predicted octanol–water partition coefficient (Wildman–Crippen LogP) is 4.02. The number of imidazole rings is 1. The second-order valence-corrected chi connectivity index (χ2v) is 6.15. The van der Waals surface area contributed by atoms with Gasteiger partial charge in [-0.1, -0.05) is 23.7 Å². The molecule has 4 heteroatoms. The van der Waals surface area contributed by atoms with Crippen molar-refractivity contribution in [2.75, 3.05) is 0 Å². The number of aromatic nitrogens is 2. The highest BCUT2D eigenvalue weighted by Gasteiger charge is 2.23. The fraction of sp³-hybridized carbons (Fsp3) is 0.438. The Bertz CT molecular complexity index is 580. The lowest BCUT2D eigenvalue weighted by molar-refractivity contribution is 0.386. The van der Waals surface area contributed by atoms with Crippen molar-refractivity contribution < 1.29 is 0 Å². The standard InChI is InChI=1S/C16H20ClN3/c1-10-15(11-2-6-13(17)7-3-11)20-16(19-10)12-4-8-14(18)9-5-12/h2-3,6-7,12,14H,4-5,8-9,18H2,1H3,(H,19,20). The van der Waals surface area contributed by atoms with Gasteiger partial charge in [0, 0.05) is 28.2 Å². The van der Waals surface area contributed by atoms with E-state index in [0.717, 1.165) is 53.5 Å². The van der Waals surface area contributed by atoms with Gasteiger partial charge in [0.15, 0.2) is 0 Å². The topological polar surface area (TPSA) is 54.7 Å². The molecule has 0 bridgehead atoms. The van der Waals surface area contributed by atoms with Crippen molar-refractivity contribution in [3.8, 4) is 11.3 Å². The van der Waals surface area contributed by atoms with E-state index in [1.54, 1.807) is 0 Å². The van der Waals surface area contributed by atoms with E-state index in [-0.39, 0.29) is 0 Å². The summed E-state index contributed by atoms with van der Waals surface area (Å²) in [5.74, 6) is 1.63. The highest BCUT2D eigenvalue weighted by atomic mass is 35.5. The van der Waals surface area contributed by atoms with Crippen LogP contribution in [0.2, 0.25) is 5.02 Å². The molecule has 0 aliphatic heterocycles. The summed E-state index contributed by atoms with van der Waals surface area (Å²) in [6.07, 6.45) is 4.46. The molecule has 0 spiro atoms. The van der Waals surface area contributed by atoms with Crippen molar-refractivity contribution in [2.45, 2.75) is 44.6 Å². The van der Waals surface area contributed by atoms with Gasteiger partial charge >= 0.3 is 0 Å². The van der Waals surface area contributed by atoms with Crippen LogP contribution >= 0.6 is 11.6 Å². The molecule has 0 atom stereocenters. The molecule has 1 fully saturated rings. The Morgan fingerprint density at radius 2 is 1.80 bits per heavy atom. The average molecular weight is 290 g/mol. The number of rotatable bonds is 2. The molecular weight excluding hydrogens is 270 g/mol. The maximum absolute atomic E-state index is 5.97. The number of aryl methyl sites for hydroxylation is 1. The number of hydrogen-bond acceptors (Lipinski definition) is 2. The fourth-order valence-corrected chi connectivity index (χ4v) is 3.08. The first-order valence-corrected chi connectivity index (χ1v) is 7.59.